The van der Waals surface area contributed by atoms with Gasteiger partial charge in [0, 0.05) is 50.1 Å². The fraction of sp³-hybridized carbons (Fsp3) is 0.0833. The first-order chi connectivity index (χ1) is 17.3. The van der Waals surface area contributed by atoms with Gasteiger partial charge in [0.2, 0.25) is 0 Å². The Bertz CT molecular complexity index is 1540. The van der Waals surface area contributed by atoms with E-state index >= 15 is 0 Å². The summed E-state index contributed by atoms with van der Waals surface area (Å²) in [5.41, 5.74) is 8.28. The average Bonchev–Trinajstić information content (AvgIpc) is 2.83. The zero-order chi connectivity index (χ0) is 27.6. The highest BCUT2D eigenvalue weighted by Gasteiger charge is 2.14. The van der Waals surface area contributed by atoms with Crippen LogP contribution in [0, 0.1) is 13.8 Å². The van der Waals surface area contributed by atoms with Crippen molar-refractivity contribution in [1.29, 1.82) is 0 Å². The van der Waals surface area contributed by atoms with Gasteiger partial charge < -0.3 is 5.73 Å². The maximum atomic E-state index is 12.1. The van der Waals surface area contributed by atoms with Crippen LogP contribution in [-0.2, 0) is 19.1 Å². The van der Waals surface area contributed by atoms with Gasteiger partial charge in [-0.2, -0.15) is 0 Å². The van der Waals surface area contributed by atoms with Crippen LogP contribution >= 0.6 is 42.5 Å². The summed E-state index contributed by atoms with van der Waals surface area (Å²) in [5.74, 6) is 0. The first-order valence-electron chi connectivity index (χ1n) is 10.3. The molecule has 0 atom stereocenters. The molecule has 0 aliphatic rings. The number of nitrogens with two attached hydrogens (primary N) is 1. The highest BCUT2D eigenvalue weighted by atomic mass is 79.9. The van der Waals surface area contributed by atoms with E-state index in [0.717, 1.165) is 25.8 Å². The predicted molar refractivity (Wildman–Crippen MR) is 154 cm³/mol. The Hall–Kier alpha value is -2.51. The monoisotopic (exact) mass is 688 g/mol. The number of rotatable bonds is 4. The highest BCUT2D eigenvalue weighted by molar-refractivity contribution is 9.10. The molecular formula is C24H23Br2ClN4O4S2. The van der Waals surface area contributed by atoms with E-state index in [0.29, 0.717) is 5.69 Å². The molecule has 0 unspecified atom stereocenters. The van der Waals surface area contributed by atoms with E-state index in [1.807, 2.05) is 6.92 Å². The van der Waals surface area contributed by atoms with Gasteiger partial charge >= 0.3 is 0 Å². The average molecular weight is 691 g/mol. The standard InChI is InChI=1S/C12H11BrN2O2S.C7H6BrClO2S.C5H6N2/c1-9-8-11(2-3-12(9)13)18(16,17)15-10-4-6-14-7-5-10;1-5-4-6(12(9,10)11)2-3-7(5)8;6-5-1-3-7-4-2-5/h2-8H,1H3,(H,14,15);2-4H,1H3;1-4H,(H2,6,7). The van der Waals surface area contributed by atoms with Crippen molar-refractivity contribution in [3.8, 4) is 0 Å². The van der Waals surface area contributed by atoms with Gasteiger partial charge in [0.25, 0.3) is 19.1 Å². The van der Waals surface area contributed by atoms with Crippen molar-refractivity contribution in [1.82, 2.24) is 9.97 Å². The van der Waals surface area contributed by atoms with Crippen LogP contribution in [0.15, 0.2) is 104 Å². The molecule has 37 heavy (non-hydrogen) atoms. The smallest absolute Gasteiger partial charge is 0.261 e. The highest BCUT2D eigenvalue weighted by Crippen LogP contribution is 2.23. The molecule has 0 fully saturated rings. The van der Waals surface area contributed by atoms with Gasteiger partial charge in [-0.25, -0.2) is 16.8 Å². The number of sulfonamides is 1. The van der Waals surface area contributed by atoms with Crippen LogP contribution in [0.1, 0.15) is 11.1 Å². The van der Waals surface area contributed by atoms with E-state index in [9.17, 15) is 16.8 Å². The molecule has 0 radical (unpaired) electrons. The van der Waals surface area contributed by atoms with Crippen LogP contribution < -0.4 is 10.5 Å². The Morgan fingerprint density at radius 3 is 1.57 bits per heavy atom. The van der Waals surface area contributed by atoms with E-state index in [4.69, 9.17) is 16.4 Å². The third-order valence-corrected chi connectivity index (χ3v) is 9.00. The number of pyridine rings is 2. The van der Waals surface area contributed by atoms with Crippen molar-refractivity contribution in [3.63, 3.8) is 0 Å². The molecule has 0 bridgehead atoms. The van der Waals surface area contributed by atoms with Crippen LogP contribution in [0.25, 0.3) is 0 Å². The second-order valence-corrected chi connectivity index (χ2v) is 13.3. The Morgan fingerprint density at radius 2 is 1.16 bits per heavy atom. The Balaban J connectivity index is 0.000000217. The molecule has 3 N–H and O–H groups in total. The number of nitrogen functional groups attached to an aromatic ring is 1. The number of aromatic nitrogens is 2. The van der Waals surface area contributed by atoms with Gasteiger partial charge in [-0.3, -0.25) is 14.7 Å². The van der Waals surface area contributed by atoms with E-state index in [2.05, 4.69) is 46.5 Å². The number of hydrogen-bond acceptors (Lipinski definition) is 7. The van der Waals surface area contributed by atoms with Crippen molar-refractivity contribution in [2.75, 3.05) is 10.5 Å². The third kappa shape index (κ3) is 10.4. The minimum atomic E-state index is -3.59. The molecule has 2 aromatic heterocycles. The SMILES string of the molecule is Cc1cc(S(=O)(=O)Cl)ccc1Br.Cc1cc(S(=O)(=O)Nc2ccncc2)ccc1Br.Nc1ccncc1. The van der Waals surface area contributed by atoms with Gasteiger partial charge in [-0.15, -0.1) is 0 Å². The summed E-state index contributed by atoms with van der Waals surface area (Å²) in [6.45, 7) is 3.64. The lowest BCUT2D eigenvalue weighted by Gasteiger charge is -2.08. The first kappa shape index (κ1) is 30.7. The Kier molecular flexibility index (Phi) is 11.5. The van der Waals surface area contributed by atoms with Crippen molar-refractivity contribution >= 4 is 73.0 Å². The lowest BCUT2D eigenvalue weighted by Crippen LogP contribution is -2.13. The molecule has 196 valence electrons. The lowest BCUT2D eigenvalue weighted by molar-refractivity contribution is 0.601. The van der Waals surface area contributed by atoms with Crippen LogP contribution in [0.3, 0.4) is 0 Å². The quantitative estimate of drug-likeness (QED) is 0.240. The van der Waals surface area contributed by atoms with Crippen molar-refractivity contribution < 1.29 is 16.8 Å². The van der Waals surface area contributed by atoms with E-state index in [1.54, 1.807) is 67.8 Å². The summed E-state index contributed by atoms with van der Waals surface area (Å²) in [5, 5.41) is 0. The van der Waals surface area contributed by atoms with E-state index in [1.165, 1.54) is 24.5 Å². The van der Waals surface area contributed by atoms with Crippen molar-refractivity contribution in [3.05, 3.63) is 106 Å². The van der Waals surface area contributed by atoms with Crippen LogP contribution in [0.4, 0.5) is 11.4 Å². The number of nitrogens with zero attached hydrogens (tertiary/aromatic N) is 2. The second kappa shape index (κ2) is 13.9. The summed E-state index contributed by atoms with van der Waals surface area (Å²) in [6, 6.07) is 16.2. The number of aryl methyl sites for hydroxylation is 2. The maximum absolute atomic E-state index is 12.1. The molecule has 4 rings (SSSR count). The zero-order valence-corrected chi connectivity index (χ0v) is 25.2. The van der Waals surface area contributed by atoms with Gasteiger partial charge in [0.15, 0.2) is 0 Å². The number of nitrogens with one attached hydrogen (secondary N) is 1. The third-order valence-electron chi connectivity index (χ3n) is 4.49. The lowest BCUT2D eigenvalue weighted by atomic mass is 10.2. The molecule has 13 heteroatoms. The molecule has 4 aromatic rings. The largest absolute Gasteiger partial charge is 0.399 e. The summed E-state index contributed by atoms with van der Waals surface area (Å²) < 4.78 is 50.2. The van der Waals surface area contributed by atoms with Crippen molar-refractivity contribution in [2.24, 2.45) is 0 Å². The van der Waals surface area contributed by atoms with Gasteiger partial charge in [0.05, 0.1) is 15.5 Å². The molecule has 8 nitrogen and oxygen atoms in total. The number of hydrogen-bond donors (Lipinski definition) is 2. The minimum Gasteiger partial charge on any atom is -0.399 e. The number of benzene rings is 2. The summed E-state index contributed by atoms with van der Waals surface area (Å²) in [4.78, 5) is 7.96. The Morgan fingerprint density at radius 1 is 0.730 bits per heavy atom. The molecule has 0 aliphatic carbocycles. The normalized spacial score (nSPS) is 10.8. The molecule has 0 saturated heterocycles. The first-order valence-corrected chi connectivity index (χ1v) is 15.7. The molecule has 2 heterocycles. The fourth-order valence-electron chi connectivity index (χ4n) is 2.55. The van der Waals surface area contributed by atoms with Gasteiger partial charge in [0.1, 0.15) is 0 Å². The molecule has 0 saturated carbocycles. The van der Waals surface area contributed by atoms with E-state index in [-0.39, 0.29) is 9.79 Å². The van der Waals surface area contributed by atoms with E-state index < -0.39 is 19.1 Å². The number of halogens is 3. The molecule has 0 amide bonds. The van der Waals surface area contributed by atoms with Gasteiger partial charge in [-0.05, 0) is 85.6 Å². The second-order valence-electron chi connectivity index (χ2n) is 7.38. The van der Waals surface area contributed by atoms with Crippen LogP contribution in [0.5, 0.6) is 0 Å². The summed E-state index contributed by atoms with van der Waals surface area (Å²) in [7, 11) is -2.00. The fourth-order valence-corrected chi connectivity index (χ4v) is 5.02. The summed E-state index contributed by atoms with van der Waals surface area (Å²) in [6.07, 6.45) is 6.39. The summed E-state index contributed by atoms with van der Waals surface area (Å²) >= 11 is 6.60. The molecule has 0 spiro atoms. The topological polar surface area (TPSA) is 132 Å². The van der Waals surface area contributed by atoms with Gasteiger partial charge in [-0.1, -0.05) is 31.9 Å². The predicted octanol–water partition coefficient (Wildman–Crippen LogP) is 6.30. The minimum absolute atomic E-state index is 0.130. The molecule has 0 aliphatic heterocycles. The van der Waals surface area contributed by atoms with Crippen LogP contribution in [-0.4, -0.2) is 26.8 Å². The zero-order valence-electron chi connectivity index (χ0n) is 19.6. The Labute approximate surface area is 238 Å². The molecular weight excluding hydrogens is 668 g/mol. The van der Waals surface area contributed by atoms with Crippen LogP contribution in [0.2, 0.25) is 0 Å². The molecule has 2 aromatic carbocycles. The number of anilines is 2. The van der Waals surface area contributed by atoms with Crippen molar-refractivity contribution in [2.45, 2.75) is 23.6 Å². The maximum Gasteiger partial charge on any atom is 0.261 e.